The highest BCUT2D eigenvalue weighted by atomic mass is 35.5. The molecule has 122 valence electrons. The summed E-state index contributed by atoms with van der Waals surface area (Å²) in [4.78, 5) is 11.6. The zero-order valence-corrected chi connectivity index (χ0v) is 14.8. The Balaban J connectivity index is 1.90. The second-order valence-electron chi connectivity index (χ2n) is 4.94. The minimum Gasteiger partial charge on any atom is -0.482 e. The normalized spacial score (nSPS) is 10.6. The summed E-state index contributed by atoms with van der Waals surface area (Å²) < 4.78 is 5.22. The lowest BCUT2D eigenvalue weighted by Crippen LogP contribution is -2.10. The van der Waals surface area contributed by atoms with Crippen LogP contribution in [-0.2, 0) is 11.2 Å². The van der Waals surface area contributed by atoms with Gasteiger partial charge in [0, 0.05) is 20.7 Å². The first-order valence-corrected chi connectivity index (χ1v) is 8.72. The van der Waals surface area contributed by atoms with Gasteiger partial charge in [0.15, 0.2) is 6.61 Å². The smallest absolute Gasteiger partial charge is 0.341 e. The quantitative estimate of drug-likeness (QED) is 0.688. The highest BCUT2D eigenvalue weighted by Gasteiger charge is 2.06. The molecular weight excluding hydrogens is 355 g/mol. The molecule has 0 amide bonds. The molecule has 0 saturated heterocycles. The molecule has 3 nitrogen and oxygen atoms in total. The molecule has 0 radical (unpaired) electrons. The van der Waals surface area contributed by atoms with Crippen molar-refractivity contribution < 1.29 is 14.6 Å². The molecule has 2 rings (SSSR count). The monoisotopic (exact) mass is 370 g/mol. The van der Waals surface area contributed by atoms with Crippen molar-refractivity contribution in [2.45, 2.75) is 18.2 Å². The Hall–Kier alpha value is -1.36. The van der Waals surface area contributed by atoms with Crippen molar-refractivity contribution in [1.82, 2.24) is 0 Å². The molecule has 0 bridgehead atoms. The highest BCUT2D eigenvalue weighted by molar-refractivity contribution is 7.99. The Kier molecular flexibility index (Phi) is 6.63. The van der Waals surface area contributed by atoms with Crippen LogP contribution in [0, 0.1) is 6.92 Å². The first-order chi connectivity index (χ1) is 11.0. The van der Waals surface area contributed by atoms with Crippen LogP contribution in [-0.4, -0.2) is 23.4 Å². The third-order valence-corrected chi connectivity index (χ3v) is 4.74. The minimum atomic E-state index is -0.984. The number of thioether (sulfide) groups is 1. The fraction of sp³-hybridized carbons (Fsp3) is 0.235. The molecule has 0 aliphatic rings. The van der Waals surface area contributed by atoms with Crippen LogP contribution in [0.15, 0.2) is 41.3 Å². The number of benzene rings is 2. The van der Waals surface area contributed by atoms with Gasteiger partial charge in [-0.1, -0.05) is 29.3 Å². The van der Waals surface area contributed by atoms with Crippen LogP contribution in [0.3, 0.4) is 0 Å². The topological polar surface area (TPSA) is 46.5 Å². The van der Waals surface area contributed by atoms with Crippen molar-refractivity contribution in [1.29, 1.82) is 0 Å². The number of carbonyl (C=O) groups is 1. The van der Waals surface area contributed by atoms with E-state index >= 15 is 0 Å². The van der Waals surface area contributed by atoms with Gasteiger partial charge >= 0.3 is 5.97 Å². The predicted octanol–water partition coefficient (Wildman–Crippen LogP) is 5.10. The van der Waals surface area contributed by atoms with Gasteiger partial charge in [-0.3, -0.25) is 0 Å². The predicted molar refractivity (Wildman–Crippen MR) is 95.2 cm³/mol. The van der Waals surface area contributed by atoms with Gasteiger partial charge in [-0.05, 0) is 54.8 Å². The van der Waals surface area contributed by atoms with Crippen LogP contribution in [0.1, 0.15) is 11.1 Å². The van der Waals surface area contributed by atoms with E-state index in [1.807, 2.05) is 31.2 Å². The molecule has 0 aromatic heterocycles. The Morgan fingerprint density at radius 2 is 2.00 bits per heavy atom. The van der Waals surface area contributed by atoms with Gasteiger partial charge in [0.1, 0.15) is 5.75 Å². The number of rotatable bonds is 7. The van der Waals surface area contributed by atoms with Crippen LogP contribution in [0.5, 0.6) is 5.75 Å². The number of ether oxygens (including phenoxy) is 1. The molecule has 0 unspecified atom stereocenters. The second kappa shape index (κ2) is 8.48. The number of hydrogen-bond acceptors (Lipinski definition) is 3. The molecule has 0 heterocycles. The van der Waals surface area contributed by atoms with Gasteiger partial charge in [0.05, 0.1) is 0 Å². The van der Waals surface area contributed by atoms with Gasteiger partial charge in [0.25, 0.3) is 0 Å². The van der Waals surface area contributed by atoms with Crippen molar-refractivity contribution in [2.75, 3.05) is 12.4 Å². The van der Waals surface area contributed by atoms with Crippen LogP contribution in [0.2, 0.25) is 10.0 Å². The van der Waals surface area contributed by atoms with Gasteiger partial charge in [-0.25, -0.2) is 4.79 Å². The molecule has 0 atom stereocenters. The van der Waals surface area contributed by atoms with E-state index in [1.54, 1.807) is 23.9 Å². The van der Waals surface area contributed by atoms with Crippen molar-refractivity contribution in [2.24, 2.45) is 0 Å². The summed E-state index contributed by atoms with van der Waals surface area (Å²) in [6, 6.07) is 11.3. The molecule has 0 fully saturated rings. The van der Waals surface area contributed by atoms with E-state index in [0.717, 1.165) is 28.2 Å². The average molecular weight is 371 g/mol. The molecular formula is C17H16Cl2O3S. The molecule has 23 heavy (non-hydrogen) atoms. The Bertz CT molecular complexity index is 704. The first kappa shape index (κ1) is 18.0. The largest absolute Gasteiger partial charge is 0.482 e. The van der Waals surface area contributed by atoms with E-state index in [0.29, 0.717) is 15.8 Å². The SMILES string of the molecule is Cc1cc(SCCc2ccc(Cl)cc2Cl)ccc1OCC(=O)O. The molecule has 0 aliphatic carbocycles. The minimum absolute atomic E-state index is 0.331. The van der Waals surface area contributed by atoms with Crippen molar-refractivity contribution in [3.05, 3.63) is 57.6 Å². The maximum Gasteiger partial charge on any atom is 0.341 e. The van der Waals surface area contributed by atoms with Crippen LogP contribution < -0.4 is 4.74 Å². The lowest BCUT2D eigenvalue weighted by Gasteiger charge is -2.09. The summed E-state index contributed by atoms with van der Waals surface area (Å²) in [5.74, 6) is 0.496. The van der Waals surface area contributed by atoms with E-state index in [9.17, 15) is 4.79 Å². The molecule has 1 N–H and O–H groups in total. The number of hydrogen-bond donors (Lipinski definition) is 1. The van der Waals surface area contributed by atoms with Gasteiger partial charge < -0.3 is 9.84 Å². The molecule has 0 saturated carbocycles. The number of halogens is 2. The van der Waals surface area contributed by atoms with E-state index < -0.39 is 5.97 Å². The van der Waals surface area contributed by atoms with Gasteiger partial charge in [-0.15, -0.1) is 11.8 Å². The third kappa shape index (κ3) is 5.65. The number of aryl methyl sites for hydroxylation is 2. The lowest BCUT2D eigenvalue weighted by atomic mass is 10.2. The standard InChI is InChI=1S/C17H16Cl2O3S/c1-11-8-14(4-5-16(11)22-10-17(20)21)23-7-6-12-2-3-13(18)9-15(12)19/h2-5,8-9H,6-7,10H2,1H3,(H,20,21). The van der Waals surface area contributed by atoms with Crippen LogP contribution in [0.4, 0.5) is 0 Å². The van der Waals surface area contributed by atoms with Gasteiger partial charge in [0.2, 0.25) is 0 Å². The van der Waals surface area contributed by atoms with Crippen molar-refractivity contribution in [3.63, 3.8) is 0 Å². The summed E-state index contributed by atoms with van der Waals surface area (Å²) in [5, 5.41) is 9.96. The average Bonchev–Trinajstić information content (AvgIpc) is 2.48. The molecule has 2 aromatic rings. The van der Waals surface area contributed by atoms with E-state index in [-0.39, 0.29) is 6.61 Å². The van der Waals surface area contributed by atoms with Crippen molar-refractivity contribution >= 4 is 40.9 Å². The Labute approximate surface area is 149 Å². The molecule has 2 aromatic carbocycles. The summed E-state index contributed by atoms with van der Waals surface area (Å²) >= 11 is 13.8. The summed E-state index contributed by atoms with van der Waals surface area (Å²) in [6.45, 7) is 1.57. The highest BCUT2D eigenvalue weighted by Crippen LogP contribution is 2.27. The Morgan fingerprint density at radius 1 is 1.22 bits per heavy atom. The number of carboxylic acids is 1. The lowest BCUT2D eigenvalue weighted by molar-refractivity contribution is -0.139. The maximum atomic E-state index is 10.5. The van der Waals surface area contributed by atoms with E-state index in [1.165, 1.54) is 0 Å². The van der Waals surface area contributed by atoms with Crippen LogP contribution >= 0.6 is 35.0 Å². The summed E-state index contributed by atoms with van der Waals surface area (Å²) in [5.41, 5.74) is 1.99. The zero-order valence-electron chi connectivity index (χ0n) is 12.5. The molecule has 0 aliphatic heterocycles. The fourth-order valence-corrected chi connectivity index (χ4v) is 3.50. The maximum absolute atomic E-state index is 10.5. The zero-order chi connectivity index (χ0) is 16.8. The van der Waals surface area contributed by atoms with Gasteiger partial charge in [-0.2, -0.15) is 0 Å². The summed E-state index contributed by atoms with van der Waals surface area (Å²) in [6.07, 6.45) is 0.844. The summed E-state index contributed by atoms with van der Waals surface area (Å²) in [7, 11) is 0. The first-order valence-electron chi connectivity index (χ1n) is 6.97. The molecule has 6 heteroatoms. The van der Waals surface area contributed by atoms with Crippen molar-refractivity contribution in [3.8, 4) is 5.75 Å². The number of carboxylic acid groups (broad SMARTS) is 1. The molecule has 0 spiro atoms. The third-order valence-electron chi connectivity index (χ3n) is 3.15. The van der Waals surface area contributed by atoms with Crippen LogP contribution in [0.25, 0.3) is 0 Å². The van der Waals surface area contributed by atoms with E-state index in [4.69, 9.17) is 33.0 Å². The van der Waals surface area contributed by atoms with E-state index in [2.05, 4.69) is 0 Å². The Morgan fingerprint density at radius 3 is 2.65 bits per heavy atom. The number of aliphatic carboxylic acids is 1. The fourth-order valence-electron chi connectivity index (χ4n) is 2.02. The second-order valence-corrected chi connectivity index (χ2v) is 6.96.